The lowest BCUT2D eigenvalue weighted by molar-refractivity contribution is -0.149. The first-order valence-corrected chi connectivity index (χ1v) is 11.4. The van der Waals surface area contributed by atoms with Crippen LogP contribution < -0.4 is 15.4 Å². The summed E-state index contributed by atoms with van der Waals surface area (Å²) in [7, 11) is 1.59. The van der Waals surface area contributed by atoms with Crippen LogP contribution in [0.15, 0.2) is 54.6 Å². The lowest BCUT2D eigenvalue weighted by Crippen LogP contribution is -2.57. The average Bonchev–Trinajstić information content (AvgIpc) is 2.78. The van der Waals surface area contributed by atoms with Gasteiger partial charge in [-0.1, -0.05) is 42.5 Å². The molecule has 1 amide bonds. The van der Waals surface area contributed by atoms with Gasteiger partial charge in [-0.25, -0.2) is 4.79 Å². The second-order valence-electron chi connectivity index (χ2n) is 8.89. The number of carbonyl (C=O) groups is 2. The molecular weight excluding hydrogens is 436 g/mol. The zero-order chi connectivity index (χ0) is 25.1. The molecule has 2 aromatic rings. The number of aliphatic hydroxyl groups is 1. The van der Waals surface area contributed by atoms with E-state index >= 15 is 0 Å². The van der Waals surface area contributed by atoms with Crippen LogP contribution in [0.3, 0.4) is 0 Å². The van der Waals surface area contributed by atoms with Gasteiger partial charge < -0.3 is 24.6 Å². The van der Waals surface area contributed by atoms with Crippen molar-refractivity contribution in [1.82, 2.24) is 10.6 Å². The zero-order valence-corrected chi connectivity index (χ0v) is 20.5. The fourth-order valence-corrected chi connectivity index (χ4v) is 3.36. The molecule has 2 aromatic carbocycles. The summed E-state index contributed by atoms with van der Waals surface area (Å²) in [6, 6.07) is 14.9. The van der Waals surface area contributed by atoms with E-state index in [4.69, 9.17) is 14.2 Å². The van der Waals surface area contributed by atoms with Crippen LogP contribution in [0.25, 0.3) is 0 Å². The molecule has 0 aliphatic rings. The van der Waals surface area contributed by atoms with Crippen LogP contribution in [0.5, 0.6) is 5.75 Å². The molecule has 0 spiro atoms. The predicted octanol–water partition coefficient (Wildman–Crippen LogP) is 3.21. The summed E-state index contributed by atoms with van der Waals surface area (Å²) in [4.78, 5) is 25.3. The summed E-state index contributed by atoms with van der Waals surface area (Å²) in [5, 5.41) is 17.1. The molecule has 0 fully saturated rings. The number of ether oxygens (including phenoxy) is 3. The Morgan fingerprint density at radius 3 is 2.21 bits per heavy atom. The zero-order valence-electron chi connectivity index (χ0n) is 20.5. The van der Waals surface area contributed by atoms with Crippen LogP contribution in [-0.4, -0.2) is 54.7 Å². The van der Waals surface area contributed by atoms with Crippen molar-refractivity contribution in [3.8, 4) is 5.75 Å². The Balaban J connectivity index is 2.23. The Hall–Kier alpha value is -3.10. The number of aliphatic hydroxyl groups excluding tert-OH is 1. The second kappa shape index (κ2) is 13.0. The van der Waals surface area contributed by atoms with Gasteiger partial charge in [-0.2, -0.15) is 0 Å². The molecule has 0 radical (unpaired) electrons. The van der Waals surface area contributed by atoms with E-state index in [0.29, 0.717) is 13.0 Å². The molecule has 34 heavy (non-hydrogen) atoms. The number of methoxy groups -OCH3 is 1. The van der Waals surface area contributed by atoms with Crippen LogP contribution >= 0.6 is 0 Å². The fourth-order valence-electron chi connectivity index (χ4n) is 3.36. The molecule has 0 saturated heterocycles. The van der Waals surface area contributed by atoms with Crippen molar-refractivity contribution in [1.29, 1.82) is 0 Å². The van der Waals surface area contributed by atoms with E-state index in [1.165, 1.54) is 0 Å². The molecule has 0 heterocycles. The summed E-state index contributed by atoms with van der Waals surface area (Å²) in [5.74, 6) is 0.114. The second-order valence-corrected chi connectivity index (χ2v) is 8.89. The minimum atomic E-state index is -1.29. The van der Waals surface area contributed by atoms with Gasteiger partial charge in [0.25, 0.3) is 0 Å². The third-order valence-electron chi connectivity index (χ3n) is 4.98. The number of benzene rings is 2. The Morgan fingerprint density at radius 2 is 1.65 bits per heavy atom. The molecule has 0 aliphatic heterocycles. The van der Waals surface area contributed by atoms with Gasteiger partial charge in [0.05, 0.1) is 19.8 Å². The molecule has 0 bridgehead atoms. The molecule has 186 valence electrons. The number of carbonyl (C=O) groups excluding carboxylic acids is 2. The fraction of sp³-hybridized carbons (Fsp3) is 0.462. The van der Waals surface area contributed by atoms with E-state index in [1.807, 2.05) is 54.6 Å². The first kappa shape index (κ1) is 27.1. The van der Waals surface area contributed by atoms with E-state index in [9.17, 15) is 14.7 Å². The number of esters is 1. The topological polar surface area (TPSA) is 106 Å². The van der Waals surface area contributed by atoms with Crippen LogP contribution in [0.2, 0.25) is 0 Å². The number of nitrogens with one attached hydrogen (secondary N) is 2. The minimum Gasteiger partial charge on any atom is -0.497 e. The van der Waals surface area contributed by atoms with Crippen molar-refractivity contribution >= 4 is 12.1 Å². The highest BCUT2D eigenvalue weighted by atomic mass is 16.6. The van der Waals surface area contributed by atoms with Crippen molar-refractivity contribution in [2.75, 3.05) is 13.7 Å². The molecule has 8 heteroatoms. The summed E-state index contributed by atoms with van der Waals surface area (Å²) >= 11 is 0. The van der Waals surface area contributed by atoms with E-state index in [2.05, 4.69) is 10.6 Å². The molecule has 0 aliphatic carbocycles. The summed E-state index contributed by atoms with van der Waals surface area (Å²) < 4.78 is 15.8. The van der Waals surface area contributed by atoms with Crippen molar-refractivity contribution in [2.45, 2.75) is 64.4 Å². The summed E-state index contributed by atoms with van der Waals surface area (Å²) in [6.45, 7) is 7.43. The van der Waals surface area contributed by atoms with Crippen molar-refractivity contribution in [2.24, 2.45) is 0 Å². The summed E-state index contributed by atoms with van der Waals surface area (Å²) in [5.41, 5.74) is 1.07. The Labute approximate surface area is 201 Å². The Kier molecular flexibility index (Phi) is 10.3. The number of hydrogen-bond acceptors (Lipinski definition) is 7. The van der Waals surface area contributed by atoms with Gasteiger partial charge in [-0.15, -0.1) is 0 Å². The van der Waals surface area contributed by atoms with E-state index in [-0.39, 0.29) is 6.61 Å². The lowest BCUT2D eigenvalue weighted by atomic mass is 9.96. The van der Waals surface area contributed by atoms with Gasteiger partial charge in [0.1, 0.15) is 23.5 Å². The van der Waals surface area contributed by atoms with Crippen molar-refractivity contribution in [3.05, 3.63) is 65.7 Å². The van der Waals surface area contributed by atoms with Crippen molar-refractivity contribution < 1.29 is 28.9 Å². The maximum Gasteiger partial charge on any atom is 0.407 e. The third-order valence-corrected chi connectivity index (χ3v) is 4.98. The van der Waals surface area contributed by atoms with Gasteiger partial charge >= 0.3 is 12.1 Å². The molecule has 2 rings (SSSR count). The van der Waals surface area contributed by atoms with E-state index < -0.39 is 35.9 Å². The number of rotatable bonds is 11. The minimum absolute atomic E-state index is 0.162. The molecule has 0 unspecified atom stereocenters. The number of hydrogen-bond donors (Lipinski definition) is 3. The van der Waals surface area contributed by atoms with Gasteiger partial charge in [0.15, 0.2) is 0 Å². The normalized spacial score (nSPS) is 13.9. The van der Waals surface area contributed by atoms with Crippen LogP contribution in [0, 0.1) is 0 Å². The Morgan fingerprint density at radius 1 is 1.00 bits per heavy atom. The number of amides is 1. The SMILES string of the molecule is CCOC(=O)[C@@H](NCc1ccc(OC)cc1)[C@@H](O)[C@@H](Cc1ccccc1)NC(=O)OC(C)(C)C. The molecule has 3 N–H and O–H groups in total. The maximum absolute atomic E-state index is 12.8. The third kappa shape index (κ3) is 9.03. The standard InChI is InChI=1S/C26H36N2O6/c1-6-33-24(30)22(27-17-19-12-14-20(32-5)15-13-19)23(29)21(16-18-10-8-7-9-11-18)28-25(31)34-26(2,3)4/h7-15,21-23,27,29H,6,16-17H2,1-5H3,(H,28,31)/t21-,22+,23+/m1/s1. The average molecular weight is 473 g/mol. The van der Waals surface area contributed by atoms with Crippen molar-refractivity contribution in [3.63, 3.8) is 0 Å². The molecule has 0 aromatic heterocycles. The number of alkyl carbamates (subject to hydrolysis) is 1. The monoisotopic (exact) mass is 472 g/mol. The first-order valence-electron chi connectivity index (χ1n) is 11.4. The lowest BCUT2D eigenvalue weighted by Gasteiger charge is -2.31. The van der Waals surface area contributed by atoms with Crippen LogP contribution in [-0.2, 0) is 27.2 Å². The highest BCUT2D eigenvalue weighted by Crippen LogP contribution is 2.15. The maximum atomic E-state index is 12.8. The Bertz CT molecular complexity index is 896. The molecule has 8 nitrogen and oxygen atoms in total. The molecule has 0 saturated carbocycles. The quantitative estimate of drug-likeness (QED) is 0.431. The molecular formula is C26H36N2O6. The first-order chi connectivity index (χ1) is 16.1. The van der Waals surface area contributed by atoms with E-state index in [1.54, 1.807) is 34.8 Å². The summed E-state index contributed by atoms with van der Waals surface area (Å²) in [6.07, 6.45) is -1.67. The van der Waals surface area contributed by atoms with Gasteiger partial charge in [-0.3, -0.25) is 10.1 Å². The predicted molar refractivity (Wildman–Crippen MR) is 130 cm³/mol. The van der Waals surface area contributed by atoms with Gasteiger partial charge in [0.2, 0.25) is 0 Å². The van der Waals surface area contributed by atoms with E-state index in [0.717, 1.165) is 16.9 Å². The van der Waals surface area contributed by atoms with Gasteiger partial charge in [-0.05, 0) is 57.4 Å². The van der Waals surface area contributed by atoms with Crippen LogP contribution in [0.4, 0.5) is 4.79 Å². The highest BCUT2D eigenvalue weighted by molar-refractivity contribution is 5.77. The van der Waals surface area contributed by atoms with Gasteiger partial charge in [0, 0.05) is 6.54 Å². The highest BCUT2D eigenvalue weighted by Gasteiger charge is 2.35. The largest absolute Gasteiger partial charge is 0.497 e. The smallest absolute Gasteiger partial charge is 0.407 e. The van der Waals surface area contributed by atoms with Crippen LogP contribution in [0.1, 0.15) is 38.8 Å². The molecule has 3 atom stereocenters.